The zero-order valence-electron chi connectivity index (χ0n) is 11.3. The number of nitriles is 1. The molecule has 104 valence electrons. The topological polar surface area (TPSA) is 74.7 Å². The summed E-state index contributed by atoms with van der Waals surface area (Å²) in [5, 5.41) is 23.1. The van der Waals surface area contributed by atoms with Gasteiger partial charge in [0.25, 0.3) is 0 Å². The van der Waals surface area contributed by atoms with E-state index < -0.39 is 6.10 Å². The third-order valence-electron chi connectivity index (χ3n) is 3.05. The summed E-state index contributed by atoms with van der Waals surface area (Å²) in [6.45, 7) is 4.34. The van der Waals surface area contributed by atoms with Gasteiger partial charge in [-0.2, -0.15) is 10.4 Å². The van der Waals surface area contributed by atoms with Crippen molar-refractivity contribution in [3.63, 3.8) is 0 Å². The molecule has 2 rings (SSSR count). The molecule has 0 amide bonds. The molecule has 0 aliphatic carbocycles. The van der Waals surface area contributed by atoms with E-state index in [9.17, 15) is 5.11 Å². The lowest BCUT2D eigenvalue weighted by Crippen LogP contribution is -2.21. The van der Waals surface area contributed by atoms with Gasteiger partial charge in [0.15, 0.2) is 0 Å². The molecule has 2 heterocycles. The second kappa shape index (κ2) is 6.04. The van der Waals surface area contributed by atoms with Crippen molar-refractivity contribution in [1.29, 1.82) is 5.26 Å². The van der Waals surface area contributed by atoms with Crippen LogP contribution in [0.15, 0.2) is 24.5 Å². The van der Waals surface area contributed by atoms with E-state index in [1.165, 1.54) is 0 Å². The minimum Gasteiger partial charge on any atom is -0.391 e. The molecule has 0 saturated heterocycles. The molecule has 1 atom stereocenters. The maximum atomic E-state index is 9.85. The van der Waals surface area contributed by atoms with E-state index in [1.807, 2.05) is 19.9 Å². The average Bonchev–Trinajstić information content (AvgIpc) is 2.86. The first kappa shape index (κ1) is 14.5. The van der Waals surface area contributed by atoms with Gasteiger partial charge >= 0.3 is 0 Å². The van der Waals surface area contributed by atoms with Crippen molar-refractivity contribution in [2.45, 2.75) is 26.5 Å². The smallest absolute Gasteiger partial charge is 0.142 e. The molecule has 0 saturated carbocycles. The van der Waals surface area contributed by atoms with Crippen LogP contribution in [0.5, 0.6) is 0 Å². The molecule has 5 nitrogen and oxygen atoms in total. The molecule has 6 heteroatoms. The van der Waals surface area contributed by atoms with Crippen molar-refractivity contribution in [3.8, 4) is 17.2 Å². The Balaban J connectivity index is 2.23. The molecule has 0 aliphatic rings. The highest BCUT2D eigenvalue weighted by molar-refractivity contribution is 6.32. The minimum absolute atomic E-state index is 0.169. The molecule has 2 aromatic heterocycles. The molecule has 0 aromatic carbocycles. The van der Waals surface area contributed by atoms with Crippen LogP contribution in [0.2, 0.25) is 5.15 Å². The molecular weight excluding hydrogens is 276 g/mol. The number of hydrogen-bond donors (Lipinski definition) is 1. The molecule has 0 spiro atoms. The molecule has 1 unspecified atom stereocenters. The molecule has 0 radical (unpaired) electrons. The molecule has 0 aliphatic heterocycles. The van der Waals surface area contributed by atoms with Gasteiger partial charge in [0.05, 0.1) is 18.8 Å². The van der Waals surface area contributed by atoms with Gasteiger partial charge in [0.2, 0.25) is 0 Å². The average molecular weight is 291 g/mol. The van der Waals surface area contributed by atoms with Crippen LogP contribution in [0.25, 0.3) is 11.1 Å². The van der Waals surface area contributed by atoms with Gasteiger partial charge in [-0.1, -0.05) is 25.4 Å². The Bertz CT molecular complexity index is 645. The Kier molecular flexibility index (Phi) is 4.38. The van der Waals surface area contributed by atoms with E-state index >= 15 is 0 Å². The summed E-state index contributed by atoms with van der Waals surface area (Å²) in [7, 11) is 0. The number of hydrogen-bond acceptors (Lipinski definition) is 4. The number of pyridine rings is 1. The van der Waals surface area contributed by atoms with Crippen LogP contribution in [0.1, 0.15) is 19.5 Å². The van der Waals surface area contributed by atoms with Gasteiger partial charge in [-0.05, 0) is 18.1 Å². The molecule has 1 N–H and O–H groups in total. The van der Waals surface area contributed by atoms with Crippen LogP contribution in [-0.2, 0) is 6.54 Å². The van der Waals surface area contributed by atoms with Crippen LogP contribution >= 0.6 is 11.6 Å². The summed E-state index contributed by atoms with van der Waals surface area (Å²) in [5.74, 6) is 0.169. The lowest BCUT2D eigenvalue weighted by Gasteiger charge is -2.13. The highest BCUT2D eigenvalue weighted by Gasteiger charge is 2.12. The summed E-state index contributed by atoms with van der Waals surface area (Å²) in [4.78, 5) is 3.98. The van der Waals surface area contributed by atoms with Gasteiger partial charge in [0, 0.05) is 17.3 Å². The summed E-state index contributed by atoms with van der Waals surface area (Å²) < 4.78 is 1.68. The zero-order chi connectivity index (χ0) is 14.7. The van der Waals surface area contributed by atoms with E-state index in [0.717, 1.165) is 11.1 Å². The Labute approximate surface area is 122 Å². The third kappa shape index (κ3) is 3.16. The monoisotopic (exact) mass is 290 g/mol. The zero-order valence-corrected chi connectivity index (χ0v) is 12.0. The van der Waals surface area contributed by atoms with Crippen LogP contribution in [-0.4, -0.2) is 26.0 Å². The number of nitrogens with zero attached hydrogens (tertiary/aromatic N) is 4. The van der Waals surface area contributed by atoms with Crippen LogP contribution < -0.4 is 0 Å². The van der Waals surface area contributed by atoms with E-state index in [0.29, 0.717) is 6.54 Å². The highest BCUT2D eigenvalue weighted by Crippen LogP contribution is 2.26. The van der Waals surface area contributed by atoms with Crippen LogP contribution in [0, 0.1) is 17.2 Å². The third-order valence-corrected chi connectivity index (χ3v) is 3.34. The minimum atomic E-state index is -0.447. The first-order chi connectivity index (χ1) is 9.51. The Hall–Kier alpha value is -1.90. The standard InChI is InChI=1S/C14H15ClN4O/c1-9(2)13(20)8-19-7-10(6-17-19)12-4-3-11(5-16)18-14(12)15/h3-4,6-7,9,13,20H,8H2,1-2H3. The van der Waals surface area contributed by atoms with E-state index in [4.69, 9.17) is 16.9 Å². The SMILES string of the molecule is CC(C)C(O)Cn1cc(-c2ccc(C#N)nc2Cl)cn1. The van der Waals surface area contributed by atoms with Crippen molar-refractivity contribution in [2.24, 2.45) is 5.92 Å². The molecular formula is C14H15ClN4O. The molecule has 0 bridgehead atoms. The summed E-state index contributed by atoms with van der Waals surface area (Å²) in [6, 6.07) is 5.30. The lowest BCUT2D eigenvalue weighted by molar-refractivity contribution is 0.103. The number of halogens is 1. The number of aliphatic hydroxyl groups excluding tert-OH is 1. The predicted molar refractivity (Wildman–Crippen MR) is 76.0 cm³/mol. The van der Waals surface area contributed by atoms with Gasteiger partial charge < -0.3 is 5.11 Å². The number of rotatable bonds is 4. The van der Waals surface area contributed by atoms with E-state index in [2.05, 4.69) is 10.1 Å². The highest BCUT2D eigenvalue weighted by atomic mass is 35.5. The van der Waals surface area contributed by atoms with E-state index in [1.54, 1.807) is 29.2 Å². The van der Waals surface area contributed by atoms with E-state index in [-0.39, 0.29) is 16.8 Å². The summed E-state index contributed by atoms with van der Waals surface area (Å²) >= 11 is 6.06. The second-order valence-corrected chi connectivity index (χ2v) is 5.27. The van der Waals surface area contributed by atoms with Crippen molar-refractivity contribution in [1.82, 2.24) is 14.8 Å². The largest absolute Gasteiger partial charge is 0.391 e. The fourth-order valence-electron chi connectivity index (χ4n) is 1.72. The molecule has 2 aromatic rings. The van der Waals surface area contributed by atoms with Gasteiger partial charge in [-0.3, -0.25) is 4.68 Å². The lowest BCUT2D eigenvalue weighted by atomic mass is 10.1. The van der Waals surface area contributed by atoms with Crippen molar-refractivity contribution < 1.29 is 5.11 Å². The van der Waals surface area contributed by atoms with Crippen molar-refractivity contribution in [3.05, 3.63) is 35.4 Å². The normalized spacial score (nSPS) is 12.4. The second-order valence-electron chi connectivity index (χ2n) is 4.91. The molecule has 0 fully saturated rings. The first-order valence-electron chi connectivity index (χ1n) is 6.28. The number of aliphatic hydroxyl groups is 1. The van der Waals surface area contributed by atoms with Crippen LogP contribution in [0.4, 0.5) is 0 Å². The van der Waals surface area contributed by atoms with Crippen LogP contribution in [0.3, 0.4) is 0 Å². The Morgan fingerprint density at radius 3 is 2.80 bits per heavy atom. The number of aromatic nitrogens is 3. The Morgan fingerprint density at radius 1 is 1.45 bits per heavy atom. The van der Waals surface area contributed by atoms with Gasteiger partial charge in [-0.15, -0.1) is 0 Å². The summed E-state index contributed by atoms with van der Waals surface area (Å²) in [5.41, 5.74) is 1.81. The van der Waals surface area contributed by atoms with Crippen molar-refractivity contribution >= 4 is 11.6 Å². The fourth-order valence-corrected chi connectivity index (χ4v) is 1.98. The quantitative estimate of drug-likeness (QED) is 0.878. The van der Waals surface area contributed by atoms with Gasteiger partial charge in [-0.25, -0.2) is 4.98 Å². The first-order valence-corrected chi connectivity index (χ1v) is 6.66. The van der Waals surface area contributed by atoms with Gasteiger partial charge in [0.1, 0.15) is 16.9 Å². The predicted octanol–water partition coefficient (Wildman–Crippen LogP) is 2.49. The summed E-state index contributed by atoms with van der Waals surface area (Å²) in [6.07, 6.45) is 3.03. The van der Waals surface area contributed by atoms with Crippen molar-refractivity contribution in [2.75, 3.05) is 0 Å². The fraction of sp³-hybridized carbons (Fsp3) is 0.357. The molecule has 20 heavy (non-hydrogen) atoms. The maximum absolute atomic E-state index is 9.85. The maximum Gasteiger partial charge on any atom is 0.142 e. The Morgan fingerprint density at radius 2 is 2.20 bits per heavy atom.